The molecule has 4 aromatic rings. The summed E-state index contributed by atoms with van der Waals surface area (Å²) in [5.74, 6) is 0. The Labute approximate surface area is 178 Å². The van der Waals surface area contributed by atoms with Crippen LogP contribution in [0.1, 0.15) is 16.8 Å². The Hall–Kier alpha value is -3.54. The summed E-state index contributed by atoms with van der Waals surface area (Å²) < 4.78 is 43.7. The average Bonchev–Trinajstić information content (AvgIpc) is 3.07. The number of anilines is 1. The fourth-order valence-electron chi connectivity index (χ4n) is 4.37. The zero-order valence-corrected chi connectivity index (χ0v) is 16.9. The first-order valence-electron chi connectivity index (χ1n) is 10.0. The third kappa shape index (κ3) is 3.38. The van der Waals surface area contributed by atoms with Crippen LogP contribution in [0.25, 0.3) is 10.9 Å². The summed E-state index contributed by atoms with van der Waals surface area (Å²) in [6.07, 6.45) is -4.49. The fraction of sp³-hybridized carbons (Fsp3) is 0.160. The number of aromatic nitrogens is 1. The molecule has 3 aromatic carbocycles. The van der Waals surface area contributed by atoms with E-state index in [1.807, 2.05) is 54.6 Å². The molecule has 156 valence electrons. The number of hydrogen-bond acceptors (Lipinski definition) is 2. The van der Waals surface area contributed by atoms with Crippen molar-refractivity contribution in [2.45, 2.75) is 12.7 Å². The number of hydrogen-bond donors (Lipinski definition) is 0. The number of aliphatic imine (C=N–C) groups is 1. The lowest BCUT2D eigenvalue weighted by Gasteiger charge is -2.31. The molecule has 0 unspecified atom stereocenters. The van der Waals surface area contributed by atoms with Gasteiger partial charge in [-0.2, -0.15) is 13.2 Å². The van der Waals surface area contributed by atoms with E-state index in [0.29, 0.717) is 35.4 Å². The maximum atomic E-state index is 14.2. The van der Waals surface area contributed by atoms with Gasteiger partial charge in [0.2, 0.25) is 0 Å². The van der Waals surface area contributed by atoms with Gasteiger partial charge < -0.3 is 9.47 Å². The van der Waals surface area contributed by atoms with Gasteiger partial charge in [-0.15, -0.1) is 0 Å². The molecule has 6 heteroatoms. The lowest BCUT2D eigenvalue weighted by atomic mass is 10.0. The number of fused-ring (bicyclic) bond motifs is 2. The summed E-state index contributed by atoms with van der Waals surface area (Å²) in [4.78, 5) is 6.80. The van der Waals surface area contributed by atoms with Crippen molar-refractivity contribution >= 4 is 28.0 Å². The number of aryl methyl sites for hydroxylation is 1. The van der Waals surface area contributed by atoms with Gasteiger partial charge in [-0.1, -0.05) is 60.7 Å². The molecule has 0 fully saturated rings. The molecule has 0 saturated carbocycles. The van der Waals surface area contributed by atoms with Gasteiger partial charge in [-0.25, -0.2) is 4.99 Å². The second-order valence-electron chi connectivity index (χ2n) is 7.69. The average molecular weight is 419 g/mol. The van der Waals surface area contributed by atoms with Crippen molar-refractivity contribution in [3.63, 3.8) is 0 Å². The van der Waals surface area contributed by atoms with Crippen LogP contribution in [0, 0.1) is 0 Å². The predicted molar refractivity (Wildman–Crippen MR) is 118 cm³/mol. The van der Waals surface area contributed by atoms with E-state index in [0.717, 1.165) is 11.3 Å². The number of benzene rings is 3. The highest BCUT2D eigenvalue weighted by Gasteiger charge is 2.40. The predicted octanol–water partition coefficient (Wildman–Crippen LogP) is 6.34. The maximum Gasteiger partial charge on any atom is 0.432 e. The minimum absolute atomic E-state index is 0.165. The van der Waals surface area contributed by atoms with Crippen LogP contribution >= 0.6 is 0 Å². The highest BCUT2D eigenvalue weighted by atomic mass is 19.4. The first kappa shape index (κ1) is 19.4. The molecule has 2 heterocycles. The van der Waals surface area contributed by atoms with Gasteiger partial charge in [0, 0.05) is 30.1 Å². The van der Waals surface area contributed by atoms with E-state index in [-0.39, 0.29) is 5.56 Å². The monoisotopic (exact) mass is 419 g/mol. The van der Waals surface area contributed by atoms with Crippen LogP contribution in [0.4, 0.5) is 24.5 Å². The molecule has 1 aliphatic heterocycles. The van der Waals surface area contributed by atoms with Crippen molar-refractivity contribution in [1.29, 1.82) is 0 Å². The Morgan fingerprint density at radius 1 is 0.871 bits per heavy atom. The summed E-state index contributed by atoms with van der Waals surface area (Å²) in [6, 6.07) is 24.5. The Balaban J connectivity index is 1.70. The van der Waals surface area contributed by atoms with Crippen LogP contribution in [0.3, 0.4) is 0 Å². The highest BCUT2D eigenvalue weighted by Crippen LogP contribution is 2.41. The van der Waals surface area contributed by atoms with E-state index in [4.69, 9.17) is 4.99 Å². The third-order valence-corrected chi connectivity index (χ3v) is 5.70. The Morgan fingerprint density at radius 2 is 1.55 bits per heavy atom. The largest absolute Gasteiger partial charge is 0.432 e. The molecule has 0 amide bonds. The number of alkyl halides is 3. The quantitative estimate of drug-likeness (QED) is 0.380. The van der Waals surface area contributed by atoms with E-state index < -0.39 is 11.9 Å². The summed E-state index contributed by atoms with van der Waals surface area (Å²) >= 11 is 0. The first-order valence-corrected chi connectivity index (χ1v) is 10.0. The van der Waals surface area contributed by atoms with Crippen LogP contribution < -0.4 is 4.90 Å². The molecule has 1 aromatic heterocycles. The van der Waals surface area contributed by atoms with Gasteiger partial charge in [0.05, 0.1) is 23.6 Å². The number of para-hydroxylation sites is 3. The fourth-order valence-corrected chi connectivity index (χ4v) is 4.37. The van der Waals surface area contributed by atoms with Crippen LogP contribution in [-0.4, -0.2) is 16.8 Å². The topological polar surface area (TPSA) is 20.5 Å². The molecule has 0 radical (unpaired) electrons. The molecule has 0 bridgehead atoms. The van der Waals surface area contributed by atoms with Crippen molar-refractivity contribution < 1.29 is 13.2 Å². The van der Waals surface area contributed by atoms with Crippen molar-refractivity contribution in [1.82, 2.24) is 4.57 Å². The van der Waals surface area contributed by atoms with Crippen molar-refractivity contribution in [2.24, 2.45) is 12.0 Å². The number of halogens is 3. The molecular formula is C25H20F3N3. The lowest BCUT2D eigenvalue weighted by Crippen LogP contribution is -2.33. The van der Waals surface area contributed by atoms with Gasteiger partial charge in [0.1, 0.15) is 5.69 Å². The molecular weight excluding hydrogens is 399 g/mol. The summed E-state index contributed by atoms with van der Waals surface area (Å²) in [5.41, 5.74) is 3.17. The van der Waals surface area contributed by atoms with Crippen LogP contribution in [-0.2, 0) is 19.8 Å². The molecule has 0 N–H and O–H groups in total. The molecule has 0 atom stereocenters. The zero-order chi connectivity index (χ0) is 21.6. The molecule has 3 nitrogen and oxygen atoms in total. The lowest BCUT2D eigenvalue weighted by molar-refractivity contribution is -0.142. The van der Waals surface area contributed by atoms with Crippen molar-refractivity contribution in [2.75, 3.05) is 11.4 Å². The van der Waals surface area contributed by atoms with Gasteiger partial charge in [0.15, 0.2) is 0 Å². The van der Waals surface area contributed by atoms with Crippen LogP contribution in [0.2, 0.25) is 0 Å². The summed E-state index contributed by atoms with van der Waals surface area (Å²) in [6.45, 7) is 0.881. The van der Waals surface area contributed by atoms with E-state index in [1.54, 1.807) is 24.3 Å². The molecule has 31 heavy (non-hydrogen) atoms. The molecule has 0 saturated heterocycles. The SMILES string of the molecule is Cn1c(C(F)(F)F)c(C2=Nc3ccccc3N(Cc3ccccc3)C2)c2ccccc21. The zero-order valence-electron chi connectivity index (χ0n) is 16.9. The number of rotatable bonds is 3. The Kier molecular flexibility index (Phi) is 4.58. The van der Waals surface area contributed by atoms with Gasteiger partial charge in [-0.05, 0) is 23.8 Å². The second-order valence-corrected chi connectivity index (χ2v) is 7.69. The summed E-state index contributed by atoms with van der Waals surface area (Å²) in [5, 5.41) is 0.565. The van der Waals surface area contributed by atoms with Crippen molar-refractivity contribution in [3.05, 3.63) is 95.7 Å². The first-order chi connectivity index (χ1) is 14.9. The summed E-state index contributed by atoms with van der Waals surface area (Å²) in [7, 11) is 1.47. The minimum atomic E-state index is -4.49. The maximum absolute atomic E-state index is 14.2. The van der Waals surface area contributed by atoms with Crippen molar-refractivity contribution in [3.8, 4) is 0 Å². The van der Waals surface area contributed by atoms with Crippen LogP contribution in [0.15, 0.2) is 83.9 Å². The van der Waals surface area contributed by atoms with E-state index >= 15 is 0 Å². The Bertz CT molecular complexity index is 1290. The van der Waals surface area contributed by atoms with E-state index in [9.17, 15) is 13.2 Å². The van der Waals surface area contributed by atoms with E-state index in [1.165, 1.54) is 11.6 Å². The van der Waals surface area contributed by atoms with Crippen LogP contribution in [0.5, 0.6) is 0 Å². The highest BCUT2D eigenvalue weighted by molar-refractivity contribution is 6.16. The second kappa shape index (κ2) is 7.30. The smallest absolute Gasteiger partial charge is 0.360 e. The molecule has 1 aliphatic rings. The Morgan fingerprint density at radius 3 is 2.32 bits per heavy atom. The van der Waals surface area contributed by atoms with Gasteiger partial charge >= 0.3 is 6.18 Å². The molecule has 5 rings (SSSR count). The minimum Gasteiger partial charge on any atom is -0.360 e. The molecule has 0 spiro atoms. The number of nitrogens with zero attached hydrogens (tertiary/aromatic N) is 3. The third-order valence-electron chi connectivity index (χ3n) is 5.70. The standard InChI is InChI=1S/C25H20F3N3/c1-30-21-13-7-5-11-18(21)23(24(30)25(26,27)28)20-16-31(15-17-9-3-2-4-10-17)22-14-8-6-12-19(22)29-20/h2-14H,15-16H2,1H3. The molecule has 0 aliphatic carbocycles. The van der Waals surface area contributed by atoms with Gasteiger partial charge in [-0.3, -0.25) is 0 Å². The normalized spacial score (nSPS) is 13.9. The van der Waals surface area contributed by atoms with E-state index in [2.05, 4.69) is 4.90 Å². The van der Waals surface area contributed by atoms with Gasteiger partial charge in [0.25, 0.3) is 0 Å².